The standard InChI is InChI=1S/C23H40N2O4/c1-14(22(28)24-16-7-5-6-8-16)17-9-11-23(3)12-10-18(25-19(26)13-29-4)15(2)20(23)21(17)27/h14-18,20-21,27H,5-13H2,1-4H3,(H,24,28)(H,25,26). The fraction of sp³-hybridized carbons (Fsp3) is 0.913. The highest BCUT2D eigenvalue weighted by Gasteiger charge is 2.53. The molecule has 7 atom stereocenters. The third kappa shape index (κ3) is 4.79. The summed E-state index contributed by atoms with van der Waals surface area (Å²) in [5.41, 5.74) is 0.0689. The molecule has 0 aliphatic heterocycles. The number of carbonyl (C=O) groups excluding carboxylic acids is 2. The van der Waals surface area contributed by atoms with Gasteiger partial charge in [0.15, 0.2) is 0 Å². The van der Waals surface area contributed by atoms with Crippen LogP contribution in [0, 0.1) is 29.1 Å². The molecule has 3 saturated carbocycles. The summed E-state index contributed by atoms with van der Waals surface area (Å²) in [6.45, 7) is 6.47. The second kappa shape index (κ2) is 9.34. The summed E-state index contributed by atoms with van der Waals surface area (Å²) in [5.74, 6) is 0.0373. The highest BCUT2D eigenvalue weighted by molar-refractivity contribution is 5.79. The number of ether oxygens (including phenoxy) is 1. The van der Waals surface area contributed by atoms with Gasteiger partial charge < -0.3 is 20.5 Å². The number of hydrogen-bond acceptors (Lipinski definition) is 4. The normalized spacial score (nSPS) is 38.9. The first-order valence-electron chi connectivity index (χ1n) is 11.5. The van der Waals surface area contributed by atoms with Crippen LogP contribution < -0.4 is 10.6 Å². The topological polar surface area (TPSA) is 87.7 Å². The van der Waals surface area contributed by atoms with Crippen molar-refractivity contribution in [3.8, 4) is 0 Å². The van der Waals surface area contributed by atoms with E-state index in [-0.39, 0.29) is 53.5 Å². The van der Waals surface area contributed by atoms with Crippen molar-refractivity contribution in [2.24, 2.45) is 29.1 Å². The summed E-state index contributed by atoms with van der Waals surface area (Å²) in [6, 6.07) is 0.358. The van der Waals surface area contributed by atoms with E-state index in [1.54, 1.807) is 0 Å². The maximum atomic E-state index is 12.9. The van der Waals surface area contributed by atoms with Crippen molar-refractivity contribution in [1.29, 1.82) is 0 Å². The number of carbonyl (C=O) groups is 2. The first kappa shape index (κ1) is 22.5. The Kier molecular flexibility index (Phi) is 7.26. The van der Waals surface area contributed by atoms with Gasteiger partial charge in [-0.25, -0.2) is 0 Å². The number of rotatable bonds is 6. The van der Waals surface area contributed by atoms with E-state index in [1.165, 1.54) is 20.0 Å². The zero-order valence-corrected chi connectivity index (χ0v) is 18.6. The molecule has 3 rings (SSSR count). The Morgan fingerprint density at radius 2 is 1.79 bits per heavy atom. The molecule has 29 heavy (non-hydrogen) atoms. The number of methoxy groups -OCH3 is 1. The molecule has 3 aliphatic carbocycles. The molecule has 0 aromatic carbocycles. The molecule has 0 heterocycles. The molecule has 6 heteroatoms. The molecule has 0 radical (unpaired) electrons. The van der Waals surface area contributed by atoms with Gasteiger partial charge in [-0.15, -0.1) is 0 Å². The van der Waals surface area contributed by atoms with Crippen molar-refractivity contribution in [2.45, 2.75) is 90.3 Å². The summed E-state index contributed by atoms with van der Waals surface area (Å²) >= 11 is 0. The van der Waals surface area contributed by atoms with Crippen LogP contribution in [0.2, 0.25) is 0 Å². The molecular formula is C23H40N2O4. The Hall–Kier alpha value is -1.14. The second-order valence-electron chi connectivity index (χ2n) is 10.2. The van der Waals surface area contributed by atoms with Gasteiger partial charge in [0, 0.05) is 25.1 Å². The number of hydrogen-bond donors (Lipinski definition) is 3. The van der Waals surface area contributed by atoms with Crippen molar-refractivity contribution in [3.63, 3.8) is 0 Å². The fourth-order valence-corrected chi connectivity index (χ4v) is 6.47. The van der Waals surface area contributed by atoms with Crippen molar-refractivity contribution in [1.82, 2.24) is 10.6 Å². The molecule has 3 fully saturated rings. The van der Waals surface area contributed by atoms with Crippen LogP contribution in [0.4, 0.5) is 0 Å². The SMILES string of the molecule is COCC(=O)NC1CCC2(C)CCC(C(C)C(=O)NC3CCCC3)C(O)C2C1C. The Morgan fingerprint density at radius 3 is 2.45 bits per heavy atom. The summed E-state index contributed by atoms with van der Waals surface area (Å²) in [7, 11) is 1.52. The maximum Gasteiger partial charge on any atom is 0.246 e. The average Bonchev–Trinajstić information content (AvgIpc) is 3.17. The Morgan fingerprint density at radius 1 is 1.14 bits per heavy atom. The lowest BCUT2D eigenvalue weighted by Gasteiger charge is -2.56. The van der Waals surface area contributed by atoms with E-state index < -0.39 is 6.10 Å². The zero-order valence-electron chi connectivity index (χ0n) is 18.6. The van der Waals surface area contributed by atoms with Gasteiger partial charge >= 0.3 is 0 Å². The van der Waals surface area contributed by atoms with Gasteiger partial charge in [-0.05, 0) is 61.7 Å². The Bertz CT molecular complexity index is 591. The molecule has 166 valence electrons. The summed E-state index contributed by atoms with van der Waals surface area (Å²) in [6.07, 6.45) is 7.86. The van der Waals surface area contributed by atoms with Crippen LogP contribution in [-0.2, 0) is 14.3 Å². The van der Waals surface area contributed by atoms with Crippen LogP contribution in [-0.4, -0.2) is 48.8 Å². The smallest absolute Gasteiger partial charge is 0.246 e. The van der Waals surface area contributed by atoms with E-state index in [1.807, 2.05) is 6.92 Å². The quantitative estimate of drug-likeness (QED) is 0.630. The van der Waals surface area contributed by atoms with Crippen LogP contribution in [0.1, 0.15) is 72.1 Å². The van der Waals surface area contributed by atoms with Gasteiger partial charge in [0.05, 0.1) is 6.10 Å². The largest absolute Gasteiger partial charge is 0.392 e. The lowest BCUT2D eigenvalue weighted by Crippen LogP contribution is -2.59. The predicted molar refractivity (Wildman–Crippen MR) is 112 cm³/mol. The number of nitrogens with one attached hydrogen (secondary N) is 2. The molecule has 6 nitrogen and oxygen atoms in total. The average molecular weight is 409 g/mol. The van der Waals surface area contributed by atoms with Gasteiger partial charge in [-0.2, -0.15) is 0 Å². The molecule has 2 amide bonds. The van der Waals surface area contributed by atoms with E-state index in [2.05, 4.69) is 24.5 Å². The van der Waals surface area contributed by atoms with Crippen LogP contribution in [0.3, 0.4) is 0 Å². The predicted octanol–water partition coefficient (Wildman–Crippen LogP) is 2.64. The Labute approximate surface area is 175 Å². The van der Waals surface area contributed by atoms with Crippen molar-refractivity contribution in [3.05, 3.63) is 0 Å². The van der Waals surface area contributed by atoms with Crippen LogP contribution in [0.5, 0.6) is 0 Å². The fourth-order valence-electron chi connectivity index (χ4n) is 6.47. The first-order valence-corrected chi connectivity index (χ1v) is 11.5. The number of amides is 2. The minimum Gasteiger partial charge on any atom is -0.392 e. The van der Waals surface area contributed by atoms with E-state index in [9.17, 15) is 14.7 Å². The van der Waals surface area contributed by atoms with Crippen molar-refractivity contribution >= 4 is 11.8 Å². The molecule has 3 aliphatic rings. The Balaban J connectivity index is 1.68. The van der Waals surface area contributed by atoms with E-state index in [4.69, 9.17) is 4.74 Å². The molecule has 7 unspecified atom stereocenters. The van der Waals surface area contributed by atoms with Gasteiger partial charge in [0.25, 0.3) is 0 Å². The summed E-state index contributed by atoms with van der Waals surface area (Å²) in [4.78, 5) is 24.9. The van der Waals surface area contributed by atoms with Gasteiger partial charge in [0.2, 0.25) is 11.8 Å². The van der Waals surface area contributed by atoms with Gasteiger partial charge in [-0.3, -0.25) is 9.59 Å². The highest BCUT2D eigenvalue weighted by atomic mass is 16.5. The summed E-state index contributed by atoms with van der Waals surface area (Å²) in [5, 5.41) is 17.7. The molecule has 3 N–H and O–H groups in total. The number of aliphatic hydroxyl groups is 1. The molecular weight excluding hydrogens is 368 g/mol. The van der Waals surface area contributed by atoms with Crippen molar-refractivity contribution < 1.29 is 19.4 Å². The van der Waals surface area contributed by atoms with Gasteiger partial charge in [-0.1, -0.05) is 33.6 Å². The molecule has 0 saturated heterocycles. The molecule has 0 aromatic rings. The lowest BCUT2D eigenvalue weighted by molar-refractivity contribution is -0.144. The summed E-state index contributed by atoms with van der Waals surface area (Å²) < 4.78 is 4.95. The third-order valence-electron chi connectivity index (χ3n) is 8.27. The third-order valence-corrected chi connectivity index (χ3v) is 8.27. The number of fused-ring (bicyclic) bond motifs is 1. The minimum atomic E-state index is -0.518. The van der Waals surface area contributed by atoms with Crippen LogP contribution in [0.15, 0.2) is 0 Å². The second-order valence-corrected chi connectivity index (χ2v) is 10.2. The van der Waals surface area contributed by atoms with E-state index >= 15 is 0 Å². The number of aliphatic hydroxyl groups excluding tert-OH is 1. The first-order chi connectivity index (χ1) is 13.8. The van der Waals surface area contributed by atoms with Crippen LogP contribution >= 0.6 is 0 Å². The highest BCUT2D eigenvalue weighted by Crippen LogP contribution is 2.55. The van der Waals surface area contributed by atoms with E-state index in [0.717, 1.165) is 38.5 Å². The molecule has 0 spiro atoms. The lowest BCUT2D eigenvalue weighted by atomic mass is 9.51. The molecule has 0 aromatic heterocycles. The van der Waals surface area contributed by atoms with Gasteiger partial charge in [0.1, 0.15) is 6.61 Å². The van der Waals surface area contributed by atoms with Crippen molar-refractivity contribution in [2.75, 3.05) is 13.7 Å². The minimum absolute atomic E-state index is 0.0228. The zero-order chi connectivity index (χ0) is 21.2. The molecule has 0 bridgehead atoms. The maximum absolute atomic E-state index is 12.9. The van der Waals surface area contributed by atoms with E-state index in [0.29, 0.717) is 6.04 Å². The van der Waals surface area contributed by atoms with Crippen LogP contribution in [0.25, 0.3) is 0 Å². The monoisotopic (exact) mass is 408 g/mol.